The average molecular weight is 388 g/mol. The monoisotopic (exact) mass is 387 g/mol. The van der Waals surface area contributed by atoms with Crippen LogP contribution in [0.25, 0.3) is 11.1 Å². The van der Waals surface area contributed by atoms with Crippen molar-refractivity contribution in [1.29, 1.82) is 0 Å². The smallest absolute Gasteiger partial charge is 0.408 e. The molecule has 6 nitrogen and oxygen atoms in total. The first-order chi connectivity index (χ1) is 13.1. The molecule has 2 heterocycles. The van der Waals surface area contributed by atoms with Crippen molar-refractivity contribution in [2.75, 3.05) is 38.3 Å². The molecule has 1 saturated heterocycles. The first kappa shape index (κ1) is 18.1. The lowest BCUT2D eigenvalue weighted by atomic mass is 10.2. The molecule has 4 rings (SSSR count). The lowest BCUT2D eigenvalue weighted by Gasteiger charge is -2.29. The van der Waals surface area contributed by atoms with Gasteiger partial charge in [0.25, 0.3) is 0 Å². The Hall–Kier alpha value is -2.28. The molecule has 7 heteroatoms. The van der Waals surface area contributed by atoms with E-state index in [1.807, 2.05) is 13.1 Å². The second kappa shape index (κ2) is 7.76. The number of hydrogen-bond donors (Lipinski definition) is 0. The van der Waals surface area contributed by atoms with Crippen LogP contribution in [-0.4, -0.2) is 42.8 Å². The molecule has 0 N–H and O–H groups in total. The third-order valence-electron chi connectivity index (χ3n) is 4.78. The summed E-state index contributed by atoms with van der Waals surface area (Å²) >= 11 is 5.97. The Morgan fingerprint density at radius 2 is 1.85 bits per heavy atom. The van der Waals surface area contributed by atoms with Crippen LogP contribution in [0, 0.1) is 0 Å². The first-order valence-corrected chi connectivity index (χ1v) is 9.37. The topological polar surface area (TPSA) is 50.9 Å². The van der Waals surface area contributed by atoms with E-state index in [0.29, 0.717) is 17.3 Å². The van der Waals surface area contributed by atoms with Gasteiger partial charge in [0.1, 0.15) is 0 Å². The third kappa shape index (κ3) is 4.03. The Balaban J connectivity index is 1.44. The Morgan fingerprint density at radius 1 is 1.11 bits per heavy atom. The van der Waals surface area contributed by atoms with Gasteiger partial charge in [-0.15, -0.1) is 0 Å². The molecule has 0 aliphatic carbocycles. The SMILES string of the molecule is CN(Cc1ccc(N2CCOCC2)cc1)Cn1c(=O)oc2cc(Cl)ccc21. The van der Waals surface area contributed by atoms with Gasteiger partial charge in [0.05, 0.1) is 25.4 Å². The first-order valence-electron chi connectivity index (χ1n) is 8.99. The highest BCUT2D eigenvalue weighted by atomic mass is 35.5. The minimum atomic E-state index is -0.373. The lowest BCUT2D eigenvalue weighted by molar-refractivity contribution is 0.122. The number of ether oxygens (including phenoxy) is 1. The zero-order chi connectivity index (χ0) is 18.8. The van der Waals surface area contributed by atoms with Crippen LogP contribution in [-0.2, 0) is 18.0 Å². The number of anilines is 1. The van der Waals surface area contributed by atoms with Gasteiger partial charge in [-0.2, -0.15) is 0 Å². The van der Waals surface area contributed by atoms with Crippen LogP contribution in [0.4, 0.5) is 5.69 Å². The molecule has 1 aromatic heterocycles. The van der Waals surface area contributed by atoms with Gasteiger partial charge in [-0.1, -0.05) is 23.7 Å². The Morgan fingerprint density at radius 3 is 2.59 bits per heavy atom. The molecule has 1 fully saturated rings. The van der Waals surface area contributed by atoms with Crippen LogP contribution in [0.2, 0.25) is 5.02 Å². The van der Waals surface area contributed by atoms with E-state index >= 15 is 0 Å². The summed E-state index contributed by atoms with van der Waals surface area (Å²) in [5, 5.41) is 0.553. The maximum absolute atomic E-state index is 12.2. The fraction of sp³-hybridized carbons (Fsp3) is 0.350. The summed E-state index contributed by atoms with van der Waals surface area (Å²) in [6.45, 7) is 4.60. The van der Waals surface area contributed by atoms with E-state index in [0.717, 1.165) is 38.4 Å². The highest BCUT2D eigenvalue weighted by Gasteiger charge is 2.13. The molecular formula is C20H22ClN3O3. The second-order valence-electron chi connectivity index (χ2n) is 6.83. The zero-order valence-corrected chi connectivity index (χ0v) is 16.0. The maximum atomic E-state index is 12.2. The van der Waals surface area contributed by atoms with Gasteiger partial charge in [0, 0.05) is 36.4 Å². The van der Waals surface area contributed by atoms with E-state index in [2.05, 4.69) is 34.1 Å². The molecule has 0 radical (unpaired) electrons. The van der Waals surface area contributed by atoms with Gasteiger partial charge in [-0.3, -0.25) is 9.47 Å². The van der Waals surface area contributed by atoms with E-state index in [-0.39, 0.29) is 5.76 Å². The molecule has 27 heavy (non-hydrogen) atoms. The molecule has 1 aliphatic rings. The number of oxazole rings is 1. The highest BCUT2D eigenvalue weighted by Crippen LogP contribution is 2.20. The van der Waals surface area contributed by atoms with Crippen molar-refractivity contribution in [2.24, 2.45) is 0 Å². The van der Waals surface area contributed by atoms with Crippen molar-refractivity contribution in [1.82, 2.24) is 9.47 Å². The van der Waals surface area contributed by atoms with Crippen molar-refractivity contribution in [3.05, 3.63) is 63.6 Å². The number of aromatic nitrogens is 1. The molecule has 0 bridgehead atoms. The average Bonchev–Trinajstić information content (AvgIpc) is 2.97. The van der Waals surface area contributed by atoms with E-state index in [4.69, 9.17) is 20.8 Å². The quantitative estimate of drug-likeness (QED) is 0.673. The zero-order valence-electron chi connectivity index (χ0n) is 15.2. The van der Waals surface area contributed by atoms with Crippen LogP contribution in [0.15, 0.2) is 51.7 Å². The van der Waals surface area contributed by atoms with Crippen molar-refractivity contribution in [2.45, 2.75) is 13.2 Å². The van der Waals surface area contributed by atoms with Gasteiger partial charge in [-0.25, -0.2) is 4.79 Å². The molecular weight excluding hydrogens is 366 g/mol. The summed E-state index contributed by atoms with van der Waals surface area (Å²) in [5.74, 6) is -0.373. The summed E-state index contributed by atoms with van der Waals surface area (Å²) in [4.78, 5) is 16.6. The summed E-state index contributed by atoms with van der Waals surface area (Å²) < 4.78 is 12.3. The number of morpholine rings is 1. The Bertz CT molecular complexity index is 974. The summed E-state index contributed by atoms with van der Waals surface area (Å²) in [5.41, 5.74) is 3.67. The number of fused-ring (bicyclic) bond motifs is 1. The molecule has 3 aromatic rings. The fourth-order valence-corrected chi connectivity index (χ4v) is 3.57. The van der Waals surface area contributed by atoms with Gasteiger partial charge < -0.3 is 14.1 Å². The molecule has 0 unspecified atom stereocenters. The number of halogens is 1. The van der Waals surface area contributed by atoms with Crippen molar-refractivity contribution < 1.29 is 9.15 Å². The molecule has 142 valence electrons. The molecule has 0 spiro atoms. The van der Waals surface area contributed by atoms with Crippen molar-refractivity contribution in [3.8, 4) is 0 Å². The summed E-state index contributed by atoms with van der Waals surface area (Å²) in [6.07, 6.45) is 0. The van der Waals surface area contributed by atoms with Gasteiger partial charge in [0.15, 0.2) is 5.58 Å². The van der Waals surface area contributed by atoms with Crippen LogP contribution >= 0.6 is 11.6 Å². The van der Waals surface area contributed by atoms with Crippen LogP contribution < -0.4 is 10.7 Å². The lowest BCUT2D eigenvalue weighted by Crippen LogP contribution is -2.36. The number of rotatable bonds is 5. The molecule has 0 saturated carbocycles. The minimum Gasteiger partial charge on any atom is -0.408 e. The minimum absolute atomic E-state index is 0.373. The Kier molecular flexibility index (Phi) is 5.20. The van der Waals surface area contributed by atoms with E-state index in [1.165, 1.54) is 11.3 Å². The fourth-order valence-electron chi connectivity index (χ4n) is 3.41. The molecule has 1 aliphatic heterocycles. The molecule has 0 atom stereocenters. The third-order valence-corrected chi connectivity index (χ3v) is 5.01. The van der Waals surface area contributed by atoms with Crippen molar-refractivity contribution >= 4 is 28.4 Å². The largest absolute Gasteiger partial charge is 0.421 e. The number of nitrogens with zero attached hydrogens (tertiary/aromatic N) is 3. The van der Waals surface area contributed by atoms with E-state index in [9.17, 15) is 4.79 Å². The summed E-state index contributed by atoms with van der Waals surface area (Å²) in [7, 11) is 1.98. The summed E-state index contributed by atoms with van der Waals surface area (Å²) in [6, 6.07) is 13.8. The van der Waals surface area contributed by atoms with E-state index in [1.54, 1.807) is 16.7 Å². The van der Waals surface area contributed by atoms with Crippen LogP contribution in [0.3, 0.4) is 0 Å². The highest BCUT2D eigenvalue weighted by molar-refractivity contribution is 6.31. The maximum Gasteiger partial charge on any atom is 0.421 e. The van der Waals surface area contributed by atoms with Gasteiger partial charge in [-0.05, 0) is 36.9 Å². The Labute approximate surface area is 162 Å². The van der Waals surface area contributed by atoms with Gasteiger partial charge >= 0.3 is 5.76 Å². The van der Waals surface area contributed by atoms with Crippen LogP contribution in [0.1, 0.15) is 5.56 Å². The van der Waals surface area contributed by atoms with Gasteiger partial charge in [0.2, 0.25) is 0 Å². The molecule has 2 aromatic carbocycles. The van der Waals surface area contributed by atoms with E-state index < -0.39 is 0 Å². The predicted molar refractivity (Wildman–Crippen MR) is 106 cm³/mol. The number of hydrogen-bond acceptors (Lipinski definition) is 5. The van der Waals surface area contributed by atoms with Crippen molar-refractivity contribution in [3.63, 3.8) is 0 Å². The normalized spacial score (nSPS) is 15.0. The van der Waals surface area contributed by atoms with Crippen LogP contribution in [0.5, 0.6) is 0 Å². The molecule has 0 amide bonds. The standard InChI is InChI=1S/C20H22ClN3O3/c1-22(14-24-18-7-4-16(21)12-19(18)27-20(24)25)13-15-2-5-17(6-3-15)23-8-10-26-11-9-23/h2-7,12H,8-11,13-14H2,1H3. The second-order valence-corrected chi connectivity index (χ2v) is 7.27. The predicted octanol–water partition coefficient (Wildman–Crippen LogP) is 3.17. The number of benzene rings is 2.